The lowest BCUT2D eigenvalue weighted by Crippen LogP contribution is -3.05. The highest BCUT2D eigenvalue weighted by Crippen LogP contribution is 2.29. The fourth-order valence-electron chi connectivity index (χ4n) is 2.75. The van der Waals surface area contributed by atoms with Gasteiger partial charge < -0.3 is 15.0 Å². The zero-order valence-electron chi connectivity index (χ0n) is 16.2. The second kappa shape index (κ2) is 10.3. The number of quaternary nitrogens is 1. The second-order valence-corrected chi connectivity index (χ2v) is 7.45. The van der Waals surface area contributed by atoms with Gasteiger partial charge in [0, 0.05) is 19.4 Å². The van der Waals surface area contributed by atoms with Crippen molar-refractivity contribution >= 4 is 5.91 Å². The average molecular weight is 336 g/mol. The maximum absolute atomic E-state index is 12.2. The summed E-state index contributed by atoms with van der Waals surface area (Å²) in [5.41, 5.74) is 1.20. The second-order valence-electron chi connectivity index (χ2n) is 7.45. The third-order valence-electron chi connectivity index (χ3n) is 4.07. The van der Waals surface area contributed by atoms with Crippen LogP contribution < -0.4 is 15.0 Å². The first-order chi connectivity index (χ1) is 11.3. The molecule has 1 aromatic rings. The fraction of sp³-hybridized carbons (Fsp3) is 0.650. The first kappa shape index (κ1) is 20.5. The lowest BCUT2D eigenvalue weighted by Gasteiger charge is -2.21. The molecule has 0 fully saturated rings. The molecule has 0 bridgehead atoms. The summed E-state index contributed by atoms with van der Waals surface area (Å²) in [6.45, 7) is 10.2. The number of amides is 1. The summed E-state index contributed by atoms with van der Waals surface area (Å²) in [4.78, 5) is 13.7. The predicted molar refractivity (Wildman–Crippen MR) is 99.7 cm³/mol. The summed E-state index contributed by atoms with van der Waals surface area (Å²) in [7, 11) is 4.26. The van der Waals surface area contributed by atoms with Crippen LogP contribution in [0, 0.1) is 5.92 Å². The molecule has 0 aliphatic carbocycles. The number of carbonyl (C=O) groups excluding carboxylic acids is 1. The van der Waals surface area contributed by atoms with Crippen LogP contribution in [0.4, 0.5) is 0 Å². The van der Waals surface area contributed by atoms with Crippen molar-refractivity contribution in [2.75, 3.05) is 27.2 Å². The Morgan fingerprint density at radius 3 is 2.25 bits per heavy atom. The van der Waals surface area contributed by atoms with Crippen molar-refractivity contribution in [3.63, 3.8) is 0 Å². The third kappa shape index (κ3) is 7.82. The molecule has 1 atom stereocenters. The minimum atomic E-state index is 0.143. The van der Waals surface area contributed by atoms with Crippen LogP contribution >= 0.6 is 0 Å². The van der Waals surface area contributed by atoms with E-state index in [0.29, 0.717) is 12.3 Å². The summed E-state index contributed by atoms with van der Waals surface area (Å²) in [6, 6.07) is 8.18. The van der Waals surface area contributed by atoms with Gasteiger partial charge in [0.15, 0.2) is 0 Å². The van der Waals surface area contributed by atoms with E-state index in [2.05, 4.69) is 45.4 Å². The largest absolute Gasteiger partial charge is 0.491 e. The van der Waals surface area contributed by atoms with Gasteiger partial charge >= 0.3 is 0 Å². The van der Waals surface area contributed by atoms with E-state index in [-0.39, 0.29) is 17.9 Å². The molecule has 0 spiro atoms. The van der Waals surface area contributed by atoms with Crippen LogP contribution in [-0.2, 0) is 4.79 Å². The van der Waals surface area contributed by atoms with Crippen LogP contribution in [0.5, 0.6) is 5.75 Å². The van der Waals surface area contributed by atoms with Gasteiger partial charge in [-0.15, -0.1) is 0 Å². The van der Waals surface area contributed by atoms with Crippen molar-refractivity contribution in [3.8, 4) is 5.75 Å². The minimum absolute atomic E-state index is 0.143. The van der Waals surface area contributed by atoms with Gasteiger partial charge in [-0.05, 0) is 43.4 Å². The van der Waals surface area contributed by atoms with E-state index in [1.807, 2.05) is 26.0 Å². The van der Waals surface area contributed by atoms with Crippen molar-refractivity contribution in [2.24, 2.45) is 5.92 Å². The monoisotopic (exact) mass is 335 g/mol. The zero-order valence-corrected chi connectivity index (χ0v) is 16.2. The maximum atomic E-state index is 12.2. The lowest BCUT2D eigenvalue weighted by molar-refractivity contribution is -0.858. The van der Waals surface area contributed by atoms with E-state index < -0.39 is 0 Å². The molecule has 1 rings (SSSR count). The number of carbonyl (C=O) groups is 1. The zero-order chi connectivity index (χ0) is 18.1. The number of hydrogen-bond acceptors (Lipinski definition) is 2. The van der Waals surface area contributed by atoms with E-state index in [9.17, 15) is 4.79 Å². The fourth-order valence-corrected chi connectivity index (χ4v) is 2.75. The molecule has 4 nitrogen and oxygen atoms in total. The molecule has 0 aliphatic heterocycles. The van der Waals surface area contributed by atoms with Gasteiger partial charge in [-0.3, -0.25) is 4.79 Å². The summed E-state index contributed by atoms with van der Waals surface area (Å²) in [5.74, 6) is 1.67. The van der Waals surface area contributed by atoms with E-state index in [1.165, 1.54) is 10.5 Å². The Labute approximate surface area is 147 Å². The number of hydrogen-bond donors (Lipinski definition) is 2. The Hall–Kier alpha value is -1.55. The van der Waals surface area contributed by atoms with Crippen molar-refractivity contribution < 1.29 is 14.4 Å². The van der Waals surface area contributed by atoms with Gasteiger partial charge in [0.1, 0.15) is 5.75 Å². The summed E-state index contributed by atoms with van der Waals surface area (Å²) < 4.78 is 5.69. The molecular formula is C20H35N2O2+. The topological polar surface area (TPSA) is 42.8 Å². The van der Waals surface area contributed by atoms with Crippen molar-refractivity contribution in [2.45, 2.75) is 52.6 Å². The van der Waals surface area contributed by atoms with Crippen LogP contribution in [0.25, 0.3) is 0 Å². The first-order valence-corrected chi connectivity index (χ1v) is 9.12. The minimum Gasteiger partial charge on any atom is -0.491 e. The molecule has 1 aromatic carbocycles. The van der Waals surface area contributed by atoms with Gasteiger partial charge in [0.05, 0.1) is 26.7 Å². The highest BCUT2D eigenvalue weighted by atomic mass is 16.5. The van der Waals surface area contributed by atoms with E-state index >= 15 is 0 Å². The van der Waals surface area contributed by atoms with Crippen molar-refractivity contribution in [3.05, 3.63) is 29.8 Å². The third-order valence-corrected chi connectivity index (χ3v) is 4.07. The number of benzene rings is 1. The average Bonchev–Trinajstić information content (AvgIpc) is 2.49. The summed E-state index contributed by atoms with van der Waals surface area (Å²) >= 11 is 0. The molecule has 24 heavy (non-hydrogen) atoms. The van der Waals surface area contributed by atoms with E-state index in [1.54, 1.807) is 0 Å². The molecule has 0 unspecified atom stereocenters. The molecule has 0 heterocycles. The molecule has 136 valence electrons. The van der Waals surface area contributed by atoms with Gasteiger partial charge in [-0.1, -0.05) is 26.0 Å². The highest BCUT2D eigenvalue weighted by molar-refractivity contribution is 5.76. The molecule has 1 amide bonds. The molecule has 2 N–H and O–H groups in total. The van der Waals surface area contributed by atoms with Gasteiger partial charge in [-0.2, -0.15) is 0 Å². The molecule has 0 aliphatic rings. The quantitative estimate of drug-likeness (QED) is 0.644. The predicted octanol–water partition coefficient (Wildman–Crippen LogP) is 2.25. The first-order valence-electron chi connectivity index (χ1n) is 9.12. The smallest absolute Gasteiger partial charge is 0.220 e. The maximum Gasteiger partial charge on any atom is 0.220 e. The Morgan fingerprint density at radius 1 is 1.12 bits per heavy atom. The van der Waals surface area contributed by atoms with Crippen LogP contribution in [0.15, 0.2) is 24.3 Å². The number of rotatable bonds is 10. The Balaban J connectivity index is 2.58. The van der Waals surface area contributed by atoms with Crippen molar-refractivity contribution in [1.29, 1.82) is 0 Å². The van der Waals surface area contributed by atoms with Crippen LogP contribution in [0.3, 0.4) is 0 Å². The van der Waals surface area contributed by atoms with Crippen LogP contribution in [-0.4, -0.2) is 39.2 Å². The van der Waals surface area contributed by atoms with Gasteiger partial charge in [0.2, 0.25) is 5.91 Å². The van der Waals surface area contributed by atoms with Gasteiger partial charge in [-0.25, -0.2) is 0 Å². The highest BCUT2D eigenvalue weighted by Gasteiger charge is 2.19. The molecular weight excluding hydrogens is 300 g/mol. The summed E-state index contributed by atoms with van der Waals surface area (Å²) in [5, 5.41) is 3.05. The van der Waals surface area contributed by atoms with E-state index in [4.69, 9.17) is 4.74 Å². The van der Waals surface area contributed by atoms with Crippen LogP contribution in [0.2, 0.25) is 0 Å². The Morgan fingerprint density at radius 2 is 1.75 bits per heavy atom. The number of ether oxygens (including phenoxy) is 1. The molecule has 0 radical (unpaired) electrons. The number of nitrogens with one attached hydrogen (secondary N) is 2. The lowest BCUT2D eigenvalue weighted by atomic mass is 9.85. The normalized spacial score (nSPS) is 12.7. The molecule has 0 saturated heterocycles. The molecule has 0 aromatic heterocycles. The van der Waals surface area contributed by atoms with E-state index in [0.717, 1.165) is 25.3 Å². The SMILES string of the molecule is CC(C)Oc1ccc([C@@H](CC(=O)NCCC[NH+](C)C)C(C)C)cc1. The Bertz CT molecular complexity index is 481. The van der Waals surface area contributed by atoms with Crippen LogP contribution in [0.1, 0.15) is 52.0 Å². The van der Waals surface area contributed by atoms with Crippen molar-refractivity contribution in [1.82, 2.24) is 5.32 Å². The van der Waals surface area contributed by atoms with Gasteiger partial charge in [0.25, 0.3) is 0 Å². The standard InChI is InChI=1S/C20H34N2O2/c1-15(2)19(14-20(23)21-12-7-13-22(5)6)17-8-10-18(11-9-17)24-16(3)4/h8-11,15-16,19H,7,12-14H2,1-6H3,(H,21,23)/p+1/t19-/m0/s1. The molecule has 0 saturated carbocycles. The summed E-state index contributed by atoms with van der Waals surface area (Å²) in [6.07, 6.45) is 1.73. The molecule has 4 heteroatoms. The Kier molecular flexibility index (Phi) is 8.83.